The molecule has 38 heavy (non-hydrogen) atoms. The number of carboxylic acid groups (broad SMARTS) is 1. The van der Waals surface area contributed by atoms with Gasteiger partial charge >= 0.3 is 11.9 Å². The number of nitrogens with zero attached hydrogens (tertiary/aromatic N) is 1. The Bertz CT molecular complexity index is 1200. The van der Waals surface area contributed by atoms with Gasteiger partial charge in [0.05, 0.1) is 55.2 Å². The number of carboxylic acids is 1. The molecule has 0 aliphatic carbocycles. The van der Waals surface area contributed by atoms with E-state index in [0.717, 1.165) is 31.5 Å². The zero-order valence-electron chi connectivity index (χ0n) is 22.4. The molecule has 9 nitrogen and oxygen atoms in total. The van der Waals surface area contributed by atoms with Crippen LogP contribution in [-0.4, -0.2) is 76.7 Å². The Kier molecular flexibility index (Phi) is 9.88. The third-order valence-electron chi connectivity index (χ3n) is 7.02. The van der Waals surface area contributed by atoms with E-state index in [-0.39, 0.29) is 12.6 Å². The average Bonchev–Trinajstić information content (AvgIpc) is 2.91. The van der Waals surface area contributed by atoms with E-state index in [9.17, 15) is 9.59 Å². The number of ether oxygens (including phenoxy) is 5. The molecule has 2 aromatic rings. The fraction of sp³-hybridized carbons (Fsp3) is 0.429. The van der Waals surface area contributed by atoms with Crippen LogP contribution < -0.4 is 18.9 Å². The maximum absolute atomic E-state index is 12.0. The normalized spacial score (nSPS) is 18.8. The summed E-state index contributed by atoms with van der Waals surface area (Å²) < 4.78 is 28.0. The molecule has 3 rings (SSSR count). The lowest BCUT2D eigenvalue weighted by Gasteiger charge is -2.46. The third-order valence-corrected chi connectivity index (χ3v) is 7.28. The van der Waals surface area contributed by atoms with Crippen molar-refractivity contribution >= 4 is 23.5 Å². The minimum atomic E-state index is -1.30. The number of rotatable bonds is 12. The molecule has 10 heteroatoms. The number of aliphatic carboxylic acids is 1. The molecule has 1 heterocycles. The Morgan fingerprint density at radius 1 is 1.00 bits per heavy atom. The SMILES string of the molecule is COc1ccc(C[C@@H]2c3cc(OC)c(OC)cc3CC[N@@+]2(C)CCCOC(=O)/C(Cl)=C/C(=O)O)cc1OC. The maximum Gasteiger partial charge on any atom is 0.350 e. The number of esters is 1. The van der Waals surface area contributed by atoms with Crippen LogP contribution in [0.15, 0.2) is 41.4 Å². The molecule has 0 aromatic heterocycles. The smallest absolute Gasteiger partial charge is 0.350 e. The number of fused-ring (bicyclic) bond motifs is 1. The number of methoxy groups -OCH3 is 4. The molecular weight excluding hydrogens is 514 g/mol. The van der Waals surface area contributed by atoms with Gasteiger partial charge in [-0.2, -0.15) is 0 Å². The minimum Gasteiger partial charge on any atom is -0.493 e. The predicted molar refractivity (Wildman–Crippen MR) is 142 cm³/mol. The summed E-state index contributed by atoms with van der Waals surface area (Å²) in [7, 11) is 8.69. The lowest BCUT2D eigenvalue weighted by atomic mass is 9.86. The average molecular weight is 549 g/mol. The Labute approximate surface area is 228 Å². The molecule has 0 amide bonds. The van der Waals surface area contributed by atoms with Gasteiger partial charge in [0.15, 0.2) is 23.0 Å². The highest BCUT2D eigenvalue weighted by Gasteiger charge is 2.40. The fourth-order valence-electron chi connectivity index (χ4n) is 4.99. The summed E-state index contributed by atoms with van der Waals surface area (Å²) in [5, 5.41) is 8.31. The van der Waals surface area contributed by atoms with Crippen molar-refractivity contribution in [1.29, 1.82) is 0 Å². The van der Waals surface area contributed by atoms with E-state index < -0.39 is 17.0 Å². The van der Waals surface area contributed by atoms with Crippen molar-refractivity contribution in [3.05, 3.63) is 58.1 Å². The van der Waals surface area contributed by atoms with Crippen molar-refractivity contribution in [3.63, 3.8) is 0 Å². The zero-order valence-corrected chi connectivity index (χ0v) is 23.2. The molecule has 0 saturated carbocycles. The second kappa shape index (κ2) is 12.9. The largest absolute Gasteiger partial charge is 0.493 e. The first-order valence-corrected chi connectivity index (χ1v) is 12.6. The van der Waals surface area contributed by atoms with Crippen molar-refractivity contribution < 1.29 is 42.9 Å². The van der Waals surface area contributed by atoms with Crippen molar-refractivity contribution in [2.45, 2.75) is 25.3 Å². The van der Waals surface area contributed by atoms with E-state index in [2.05, 4.69) is 19.2 Å². The first-order chi connectivity index (χ1) is 18.1. The first kappa shape index (κ1) is 29.1. The molecular formula is C28H35ClNO8+. The molecule has 0 unspecified atom stereocenters. The molecule has 1 aliphatic heterocycles. The van der Waals surface area contributed by atoms with E-state index in [0.29, 0.717) is 40.0 Å². The van der Waals surface area contributed by atoms with Crippen molar-refractivity contribution in [2.75, 3.05) is 55.2 Å². The van der Waals surface area contributed by atoms with Crippen LogP contribution in [0.3, 0.4) is 0 Å². The van der Waals surface area contributed by atoms with Crippen LogP contribution in [0.4, 0.5) is 0 Å². The molecule has 2 atom stereocenters. The van der Waals surface area contributed by atoms with E-state index in [1.165, 1.54) is 11.1 Å². The molecule has 0 spiro atoms. The molecule has 206 valence electrons. The quantitative estimate of drug-likeness (QED) is 0.183. The second-order valence-corrected chi connectivity index (χ2v) is 9.72. The highest BCUT2D eigenvalue weighted by molar-refractivity contribution is 6.42. The molecule has 1 aliphatic rings. The molecule has 0 fully saturated rings. The Hall–Kier alpha value is -3.43. The van der Waals surface area contributed by atoms with Gasteiger partial charge in [-0.3, -0.25) is 0 Å². The molecule has 0 saturated heterocycles. The lowest BCUT2D eigenvalue weighted by Crippen LogP contribution is -2.52. The number of carbonyl (C=O) groups is 2. The second-order valence-electron chi connectivity index (χ2n) is 9.31. The summed E-state index contributed by atoms with van der Waals surface area (Å²) in [5.74, 6) is 0.555. The maximum atomic E-state index is 12.0. The van der Waals surface area contributed by atoms with Gasteiger partial charge in [-0.1, -0.05) is 17.7 Å². The topological polar surface area (TPSA) is 101 Å². The number of hydrogen-bond donors (Lipinski definition) is 1. The van der Waals surface area contributed by atoms with Crippen LogP contribution in [0.5, 0.6) is 23.0 Å². The van der Waals surface area contributed by atoms with Gasteiger partial charge in [0, 0.05) is 30.9 Å². The summed E-state index contributed by atoms with van der Waals surface area (Å²) >= 11 is 5.71. The van der Waals surface area contributed by atoms with Gasteiger partial charge in [0.25, 0.3) is 0 Å². The van der Waals surface area contributed by atoms with E-state index in [4.69, 9.17) is 40.4 Å². The number of halogens is 1. The van der Waals surface area contributed by atoms with Crippen molar-refractivity contribution in [1.82, 2.24) is 0 Å². The van der Waals surface area contributed by atoms with E-state index >= 15 is 0 Å². The van der Waals surface area contributed by atoms with Gasteiger partial charge < -0.3 is 33.3 Å². The number of hydrogen-bond acceptors (Lipinski definition) is 7. The number of quaternary nitrogens is 1. The predicted octanol–water partition coefficient (Wildman–Crippen LogP) is 4.15. The van der Waals surface area contributed by atoms with Gasteiger partial charge in [0.1, 0.15) is 11.1 Å². The Morgan fingerprint density at radius 2 is 1.63 bits per heavy atom. The van der Waals surface area contributed by atoms with E-state index in [1.807, 2.05) is 18.2 Å². The van der Waals surface area contributed by atoms with Crippen LogP contribution in [0.1, 0.15) is 29.2 Å². The molecule has 0 radical (unpaired) electrons. The molecule has 2 aromatic carbocycles. The highest BCUT2D eigenvalue weighted by atomic mass is 35.5. The minimum absolute atomic E-state index is 0.0721. The van der Waals surface area contributed by atoms with Crippen molar-refractivity contribution in [2.24, 2.45) is 0 Å². The standard InChI is InChI=1S/C28H34ClNO8/c1-30(10-6-12-38-28(33)21(29)17-27(31)32)11-9-19-15-25(36-4)26(37-5)16-20(19)22(30)13-18-7-8-23(34-2)24(14-18)35-3/h7-8,14-17,22H,6,9-13H2,1-5H3/p+1/b21-17-/t22-,30-/m1/s1. The van der Waals surface area contributed by atoms with Gasteiger partial charge in [-0.25, -0.2) is 9.59 Å². The monoisotopic (exact) mass is 548 g/mol. The Balaban J connectivity index is 1.88. The van der Waals surface area contributed by atoms with Crippen molar-refractivity contribution in [3.8, 4) is 23.0 Å². The van der Waals surface area contributed by atoms with Crippen LogP contribution in [0, 0.1) is 0 Å². The summed E-state index contributed by atoms with van der Waals surface area (Å²) in [6.07, 6.45) is 2.78. The Morgan fingerprint density at radius 3 is 2.26 bits per heavy atom. The number of carbonyl (C=O) groups excluding carboxylic acids is 1. The number of likely N-dealkylation sites (N-methyl/N-ethyl adjacent to an activating group) is 1. The van der Waals surface area contributed by atoms with E-state index in [1.54, 1.807) is 28.4 Å². The summed E-state index contributed by atoms with van der Waals surface area (Å²) in [4.78, 5) is 22.7. The van der Waals surface area contributed by atoms with Crippen LogP contribution in [0.2, 0.25) is 0 Å². The third kappa shape index (κ3) is 6.71. The zero-order chi connectivity index (χ0) is 27.9. The summed E-state index contributed by atoms with van der Waals surface area (Å²) in [6.45, 7) is 1.71. The summed E-state index contributed by atoms with van der Waals surface area (Å²) in [6, 6.07) is 10.1. The summed E-state index contributed by atoms with van der Waals surface area (Å²) in [5.41, 5.74) is 3.48. The lowest BCUT2D eigenvalue weighted by molar-refractivity contribution is -0.941. The van der Waals surface area contributed by atoms with Gasteiger partial charge in [-0.05, 0) is 35.4 Å². The molecule has 0 bridgehead atoms. The number of benzene rings is 2. The molecule has 1 N–H and O–H groups in total. The van der Waals surface area contributed by atoms with Crippen LogP contribution in [0.25, 0.3) is 0 Å². The highest BCUT2D eigenvalue weighted by Crippen LogP contribution is 2.43. The first-order valence-electron chi connectivity index (χ1n) is 12.2. The van der Waals surface area contributed by atoms with Crippen LogP contribution >= 0.6 is 11.6 Å². The van der Waals surface area contributed by atoms with Gasteiger partial charge in [0.2, 0.25) is 0 Å². The fourth-order valence-corrected chi connectivity index (χ4v) is 5.13. The van der Waals surface area contributed by atoms with Crippen LogP contribution in [-0.2, 0) is 27.2 Å². The van der Waals surface area contributed by atoms with Gasteiger partial charge in [-0.15, -0.1) is 0 Å².